The molecule has 3 aliphatic rings. The van der Waals surface area contributed by atoms with E-state index < -0.39 is 0 Å². The fourth-order valence-electron chi connectivity index (χ4n) is 3.95. The summed E-state index contributed by atoms with van der Waals surface area (Å²) in [6.07, 6.45) is 10.2. The third-order valence-corrected chi connectivity index (χ3v) is 4.86. The molecule has 3 atom stereocenters. The van der Waals surface area contributed by atoms with Gasteiger partial charge in [0.1, 0.15) is 0 Å². The van der Waals surface area contributed by atoms with Crippen LogP contribution in [0, 0.1) is 11.8 Å². The zero-order chi connectivity index (χ0) is 10.1. The third-order valence-electron chi connectivity index (χ3n) is 4.86. The molecule has 1 saturated heterocycles. The maximum absolute atomic E-state index is 3.77. The zero-order valence-corrected chi connectivity index (χ0v) is 9.67. The van der Waals surface area contributed by atoms with Crippen molar-refractivity contribution in [3.8, 4) is 0 Å². The first-order chi connectivity index (χ1) is 7.43. The van der Waals surface area contributed by atoms with Gasteiger partial charge in [-0.1, -0.05) is 19.3 Å². The van der Waals surface area contributed by atoms with E-state index in [1.165, 1.54) is 58.0 Å². The average molecular weight is 208 g/mol. The molecule has 0 radical (unpaired) electrons. The van der Waals surface area contributed by atoms with Crippen LogP contribution in [0.25, 0.3) is 0 Å². The van der Waals surface area contributed by atoms with Crippen molar-refractivity contribution in [2.24, 2.45) is 11.8 Å². The second-order valence-corrected chi connectivity index (χ2v) is 5.76. The molecule has 0 aromatic carbocycles. The summed E-state index contributed by atoms with van der Waals surface area (Å²) in [6, 6.07) is 1.63. The maximum atomic E-state index is 3.77. The fraction of sp³-hybridized carbons (Fsp3) is 1.00. The summed E-state index contributed by atoms with van der Waals surface area (Å²) >= 11 is 0. The van der Waals surface area contributed by atoms with Crippen LogP contribution >= 0.6 is 0 Å². The quantitative estimate of drug-likeness (QED) is 0.740. The van der Waals surface area contributed by atoms with Gasteiger partial charge in [-0.25, -0.2) is 0 Å². The Balaban J connectivity index is 1.46. The van der Waals surface area contributed by atoms with Gasteiger partial charge < -0.3 is 10.6 Å². The van der Waals surface area contributed by atoms with Crippen LogP contribution in [0.4, 0.5) is 0 Å². The Labute approximate surface area is 93.2 Å². The van der Waals surface area contributed by atoms with Gasteiger partial charge in [0.05, 0.1) is 0 Å². The van der Waals surface area contributed by atoms with Gasteiger partial charge in [-0.2, -0.15) is 0 Å². The standard InChI is InChI=1S/C13H24N2/c1-2-6-11(5-1)14-9-13-12-7-3-4-10(12)8-15-13/h10-15H,1-9H2. The summed E-state index contributed by atoms with van der Waals surface area (Å²) in [5.41, 5.74) is 0. The number of nitrogens with one attached hydrogen (secondary N) is 2. The van der Waals surface area contributed by atoms with Crippen LogP contribution in [0.5, 0.6) is 0 Å². The lowest BCUT2D eigenvalue weighted by Crippen LogP contribution is -2.41. The van der Waals surface area contributed by atoms with Crippen LogP contribution in [0.15, 0.2) is 0 Å². The van der Waals surface area contributed by atoms with Gasteiger partial charge >= 0.3 is 0 Å². The molecule has 2 nitrogen and oxygen atoms in total. The molecule has 0 bridgehead atoms. The highest BCUT2D eigenvalue weighted by atomic mass is 15.0. The molecule has 0 aromatic heterocycles. The Morgan fingerprint density at radius 1 is 1.00 bits per heavy atom. The molecule has 2 heteroatoms. The third kappa shape index (κ3) is 2.07. The van der Waals surface area contributed by atoms with Crippen LogP contribution < -0.4 is 10.6 Å². The Morgan fingerprint density at radius 2 is 1.87 bits per heavy atom. The fourth-order valence-corrected chi connectivity index (χ4v) is 3.95. The van der Waals surface area contributed by atoms with Crippen molar-refractivity contribution in [1.82, 2.24) is 10.6 Å². The number of hydrogen-bond donors (Lipinski definition) is 2. The number of hydrogen-bond acceptors (Lipinski definition) is 2. The van der Waals surface area contributed by atoms with Crippen molar-refractivity contribution < 1.29 is 0 Å². The Morgan fingerprint density at radius 3 is 2.73 bits per heavy atom. The molecule has 2 aliphatic carbocycles. The molecule has 86 valence electrons. The minimum Gasteiger partial charge on any atom is -0.312 e. The molecule has 2 saturated carbocycles. The van der Waals surface area contributed by atoms with Gasteiger partial charge in [-0.3, -0.25) is 0 Å². The van der Waals surface area contributed by atoms with Crippen molar-refractivity contribution in [3.05, 3.63) is 0 Å². The monoisotopic (exact) mass is 208 g/mol. The Kier molecular flexibility index (Phi) is 2.98. The lowest BCUT2D eigenvalue weighted by Gasteiger charge is -2.21. The lowest BCUT2D eigenvalue weighted by molar-refractivity contribution is 0.374. The van der Waals surface area contributed by atoms with E-state index in [2.05, 4.69) is 10.6 Å². The van der Waals surface area contributed by atoms with Crippen molar-refractivity contribution in [3.63, 3.8) is 0 Å². The molecule has 0 spiro atoms. The molecule has 2 N–H and O–H groups in total. The zero-order valence-electron chi connectivity index (χ0n) is 9.67. The highest BCUT2D eigenvalue weighted by molar-refractivity contribution is 4.95. The number of rotatable bonds is 3. The van der Waals surface area contributed by atoms with E-state index in [0.29, 0.717) is 0 Å². The molecule has 3 rings (SSSR count). The molecule has 15 heavy (non-hydrogen) atoms. The van der Waals surface area contributed by atoms with Gasteiger partial charge in [0.2, 0.25) is 0 Å². The van der Waals surface area contributed by atoms with Gasteiger partial charge in [-0.05, 0) is 44.1 Å². The van der Waals surface area contributed by atoms with E-state index in [9.17, 15) is 0 Å². The van der Waals surface area contributed by atoms with Crippen LogP contribution in [-0.2, 0) is 0 Å². The van der Waals surface area contributed by atoms with Crippen molar-refractivity contribution in [2.45, 2.75) is 57.0 Å². The molecule has 1 aliphatic heterocycles. The molecule has 3 unspecified atom stereocenters. The predicted molar refractivity (Wildman–Crippen MR) is 62.9 cm³/mol. The highest BCUT2D eigenvalue weighted by Gasteiger charge is 2.38. The van der Waals surface area contributed by atoms with E-state index in [1.807, 2.05) is 0 Å². The first-order valence-corrected chi connectivity index (χ1v) is 6.90. The first-order valence-electron chi connectivity index (χ1n) is 6.90. The van der Waals surface area contributed by atoms with Crippen LogP contribution in [0.1, 0.15) is 44.9 Å². The van der Waals surface area contributed by atoms with Crippen molar-refractivity contribution >= 4 is 0 Å². The normalized spacial score (nSPS) is 41.2. The minimum absolute atomic E-state index is 0.790. The topological polar surface area (TPSA) is 24.1 Å². The molecular formula is C13H24N2. The largest absolute Gasteiger partial charge is 0.312 e. The van der Waals surface area contributed by atoms with E-state index in [4.69, 9.17) is 0 Å². The van der Waals surface area contributed by atoms with E-state index in [-0.39, 0.29) is 0 Å². The predicted octanol–water partition coefficient (Wildman–Crippen LogP) is 1.91. The summed E-state index contributed by atoms with van der Waals surface area (Å²) in [7, 11) is 0. The summed E-state index contributed by atoms with van der Waals surface area (Å²) in [4.78, 5) is 0. The first kappa shape index (κ1) is 10.1. The van der Waals surface area contributed by atoms with Gasteiger partial charge in [0, 0.05) is 18.6 Å². The lowest BCUT2D eigenvalue weighted by atomic mass is 9.94. The SMILES string of the molecule is C1CCC(NCC2NCC3CCCC32)C1. The van der Waals surface area contributed by atoms with Crippen LogP contribution in [0.2, 0.25) is 0 Å². The summed E-state index contributed by atoms with van der Waals surface area (Å²) < 4.78 is 0. The van der Waals surface area contributed by atoms with Gasteiger partial charge in [0.25, 0.3) is 0 Å². The molecular weight excluding hydrogens is 184 g/mol. The summed E-state index contributed by atoms with van der Waals surface area (Å²) in [5, 5.41) is 7.49. The van der Waals surface area contributed by atoms with E-state index in [0.717, 1.165) is 23.9 Å². The van der Waals surface area contributed by atoms with Gasteiger partial charge in [0.15, 0.2) is 0 Å². The second kappa shape index (κ2) is 4.42. The van der Waals surface area contributed by atoms with Crippen LogP contribution in [-0.4, -0.2) is 25.2 Å². The second-order valence-electron chi connectivity index (χ2n) is 5.76. The highest BCUT2D eigenvalue weighted by Crippen LogP contribution is 2.37. The van der Waals surface area contributed by atoms with Crippen LogP contribution in [0.3, 0.4) is 0 Å². The van der Waals surface area contributed by atoms with Crippen molar-refractivity contribution in [2.75, 3.05) is 13.1 Å². The average Bonchev–Trinajstić information content (AvgIpc) is 2.93. The maximum Gasteiger partial charge on any atom is 0.0224 e. The van der Waals surface area contributed by atoms with Gasteiger partial charge in [-0.15, -0.1) is 0 Å². The smallest absolute Gasteiger partial charge is 0.0224 e. The van der Waals surface area contributed by atoms with E-state index >= 15 is 0 Å². The molecule has 0 amide bonds. The summed E-state index contributed by atoms with van der Waals surface area (Å²) in [6.45, 7) is 2.52. The molecule has 0 aromatic rings. The minimum atomic E-state index is 0.790. The van der Waals surface area contributed by atoms with E-state index in [1.54, 1.807) is 0 Å². The molecule has 1 heterocycles. The molecule has 3 fully saturated rings. The summed E-state index contributed by atoms with van der Waals surface area (Å²) in [5.74, 6) is 2.01. The Hall–Kier alpha value is -0.0800. The Bertz CT molecular complexity index is 211. The van der Waals surface area contributed by atoms with Crippen molar-refractivity contribution in [1.29, 1.82) is 0 Å². The number of fused-ring (bicyclic) bond motifs is 1.